The lowest BCUT2D eigenvalue weighted by molar-refractivity contribution is 0.592. The largest absolute Gasteiger partial charge is 0.313 e. The predicted octanol–water partition coefficient (Wildman–Crippen LogP) is 4.67. The predicted molar refractivity (Wildman–Crippen MR) is 79.0 cm³/mol. The van der Waals surface area contributed by atoms with Gasteiger partial charge in [-0.2, -0.15) is 11.3 Å². The lowest BCUT2D eigenvalue weighted by Crippen LogP contribution is -2.18. The van der Waals surface area contributed by atoms with Gasteiger partial charge in [-0.1, -0.05) is 27.5 Å². The summed E-state index contributed by atoms with van der Waals surface area (Å²) >= 11 is 11.3. The monoisotopic (exact) mass is 329 g/mol. The first kappa shape index (κ1) is 13.1. The summed E-state index contributed by atoms with van der Waals surface area (Å²) in [6.07, 6.45) is 0.979. The molecule has 0 aliphatic heterocycles. The van der Waals surface area contributed by atoms with Gasteiger partial charge in [0.25, 0.3) is 0 Å². The first-order valence-electron chi connectivity index (χ1n) is 5.33. The number of rotatable bonds is 4. The van der Waals surface area contributed by atoms with E-state index in [9.17, 15) is 0 Å². The van der Waals surface area contributed by atoms with Crippen molar-refractivity contribution >= 4 is 38.9 Å². The molecule has 90 valence electrons. The number of benzene rings is 1. The normalized spacial score (nSPS) is 12.6. The second kappa shape index (κ2) is 6.01. The van der Waals surface area contributed by atoms with Gasteiger partial charge in [0.15, 0.2) is 0 Å². The summed E-state index contributed by atoms with van der Waals surface area (Å²) < 4.78 is 1.02. The Kier molecular flexibility index (Phi) is 4.62. The average Bonchev–Trinajstić information content (AvgIpc) is 2.77. The highest BCUT2D eigenvalue weighted by atomic mass is 79.9. The van der Waals surface area contributed by atoms with E-state index in [1.807, 2.05) is 19.2 Å². The van der Waals surface area contributed by atoms with E-state index in [2.05, 4.69) is 44.1 Å². The van der Waals surface area contributed by atoms with E-state index < -0.39 is 0 Å². The third kappa shape index (κ3) is 3.55. The van der Waals surface area contributed by atoms with Crippen LogP contribution in [0.25, 0.3) is 0 Å². The Hall–Kier alpha value is -0.350. The Morgan fingerprint density at radius 3 is 2.82 bits per heavy atom. The van der Waals surface area contributed by atoms with Gasteiger partial charge in [-0.15, -0.1) is 0 Å². The maximum atomic E-state index is 6.08. The fourth-order valence-electron chi connectivity index (χ4n) is 1.81. The first-order chi connectivity index (χ1) is 8.19. The van der Waals surface area contributed by atoms with Crippen molar-refractivity contribution in [2.24, 2.45) is 0 Å². The molecule has 0 aliphatic carbocycles. The molecule has 0 saturated carbocycles. The zero-order valence-corrected chi connectivity index (χ0v) is 12.6. The molecule has 1 nitrogen and oxygen atoms in total. The average molecular weight is 331 g/mol. The van der Waals surface area contributed by atoms with Gasteiger partial charge >= 0.3 is 0 Å². The van der Waals surface area contributed by atoms with Crippen LogP contribution in [0.2, 0.25) is 5.02 Å². The fraction of sp³-hybridized carbons (Fsp3) is 0.231. The number of thiophene rings is 1. The van der Waals surface area contributed by atoms with Crippen molar-refractivity contribution in [2.75, 3.05) is 7.05 Å². The van der Waals surface area contributed by atoms with Crippen molar-refractivity contribution in [3.05, 3.63) is 55.6 Å². The summed E-state index contributed by atoms with van der Waals surface area (Å²) in [5, 5.41) is 8.39. The minimum atomic E-state index is 0.291. The highest BCUT2D eigenvalue weighted by Gasteiger charge is 2.11. The Labute approximate surface area is 119 Å². The quantitative estimate of drug-likeness (QED) is 0.859. The van der Waals surface area contributed by atoms with Crippen molar-refractivity contribution in [3.8, 4) is 0 Å². The van der Waals surface area contributed by atoms with E-state index in [0.29, 0.717) is 6.04 Å². The Balaban J connectivity index is 2.22. The third-order valence-corrected chi connectivity index (χ3v) is 4.06. The molecule has 1 aromatic heterocycles. The number of halogens is 2. The Bertz CT molecular complexity index is 464. The zero-order valence-electron chi connectivity index (χ0n) is 9.41. The standard InChI is InChI=1S/C13H13BrClNS/c1-16-13(4-9-2-3-17-8-9)10-5-11(14)7-12(15)6-10/h2-3,5-8,13,16H,4H2,1H3. The second-order valence-electron chi connectivity index (χ2n) is 3.88. The molecule has 1 atom stereocenters. The molecule has 0 aliphatic rings. The van der Waals surface area contributed by atoms with Crippen LogP contribution in [0.15, 0.2) is 39.5 Å². The minimum absolute atomic E-state index is 0.291. The second-order valence-corrected chi connectivity index (χ2v) is 6.01. The molecule has 1 heterocycles. The van der Waals surface area contributed by atoms with Gasteiger partial charge in [0.2, 0.25) is 0 Å². The Morgan fingerprint density at radius 1 is 1.41 bits per heavy atom. The van der Waals surface area contributed by atoms with E-state index >= 15 is 0 Å². The summed E-state index contributed by atoms with van der Waals surface area (Å²) in [5.41, 5.74) is 2.56. The summed E-state index contributed by atoms with van der Waals surface area (Å²) in [7, 11) is 1.98. The van der Waals surface area contributed by atoms with Gasteiger partial charge in [-0.25, -0.2) is 0 Å². The number of hydrogen-bond acceptors (Lipinski definition) is 2. The topological polar surface area (TPSA) is 12.0 Å². The molecule has 17 heavy (non-hydrogen) atoms. The lowest BCUT2D eigenvalue weighted by atomic mass is 10.0. The van der Waals surface area contributed by atoms with E-state index in [1.165, 1.54) is 11.1 Å². The molecule has 0 fully saturated rings. The van der Waals surface area contributed by atoms with Crippen LogP contribution in [0.5, 0.6) is 0 Å². The fourth-order valence-corrected chi connectivity index (χ4v) is 3.38. The van der Waals surface area contributed by atoms with Crippen LogP contribution in [0.1, 0.15) is 17.2 Å². The van der Waals surface area contributed by atoms with Gasteiger partial charge in [0.05, 0.1) is 0 Å². The van der Waals surface area contributed by atoms with E-state index in [1.54, 1.807) is 11.3 Å². The van der Waals surface area contributed by atoms with E-state index in [0.717, 1.165) is 15.9 Å². The summed E-state index contributed by atoms with van der Waals surface area (Å²) in [4.78, 5) is 0. The van der Waals surface area contributed by atoms with E-state index in [4.69, 9.17) is 11.6 Å². The van der Waals surface area contributed by atoms with Crippen LogP contribution < -0.4 is 5.32 Å². The van der Waals surface area contributed by atoms with Crippen molar-refractivity contribution in [1.29, 1.82) is 0 Å². The molecule has 1 aromatic carbocycles. The van der Waals surface area contributed by atoms with Crippen LogP contribution in [0.3, 0.4) is 0 Å². The van der Waals surface area contributed by atoms with Crippen LogP contribution >= 0.6 is 38.9 Å². The molecule has 0 bridgehead atoms. The molecule has 0 amide bonds. The molecular weight excluding hydrogens is 318 g/mol. The molecule has 1 N–H and O–H groups in total. The molecule has 0 saturated heterocycles. The SMILES string of the molecule is CNC(Cc1ccsc1)c1cc(Cl)cc(Br)c1. The van der Waals surface area contributed by atoms with Crippen LogP contribution in [-0.2, 0) is 6.42 Å². The summed E-state index contributed by atoms with van der Waals surface area (Å²) in [6, 6.07) is 8.48. The van der Waals surface area contributed by atoms with Crippen LogP contribution in [0.4, 0.5) is 0 Å². The molecule has 2 aromatic rings. The third-order valence-electron chi connectivity index (χ3n) is 2.66. The van der Waals surface area contributed by atoms with Crippen molar-refractivity contribution in [3.63, 3.8) is 0 Å². The smallest absolute Gasteiger partial charge is 0.0420 e. The van der Waals surface area contributed by atoms with Crippen LogP contribution in [-0.4, -0.2) is 7.05 Å². The lowest BCUT2D eigenvalue weighted by Gasteiger charge is -2.16. The summed E-state index contributed by atoms with van der Waals surface area (Å²) in [5.74, 6) is 0. The van der Waals surface area contributed by atoms with Gasteiger partial charge in [-0.3, -0.25) is 0 Å². The number of likely N-dealkylation sites (N-methyl/N-ethyl adjacent to an activating group) is 1. The van der Waals surface area contributed by atoms with Crippen molar-refractivity contribution in [2.45, 2.75) is 12.5 Å². The molecular formula is C13H13BrClNS. The number of hydrogen-bond donors (Lipinski definition) is 1. The zero-order chi connectivity index (χ0) is 12.3. The number of nitrogens with one attached hydrogen (secondary N) is 1. The molecule has 2 rings (SSSR count). The molecule has 4 heteroatoms. The summed E-state index contributed by atoms with van der Waals surface area (Å²) in [6.45, 7) is 0. The van der Waals surface area contributed by atoms with Gasteiger partial charge in [-0.05, 0) is 59.6 Å². The molecule has 0 spiro atoms. The van der Waals surface area contributed by atoms with E-state index in [-0.39, 0.29) is 0 Å². The van der Waals surface area contributed by atoms with Crippen molar-refractivity contribution < 1.29 is 0 Å². The Morgan fingerprint density at radius 2 is 2.24 bits per heavy atom. The first-order valence-corrected chi connectivity index (χ1v) is 7.45. The highest BCUT2D eigenvalue weighted by Crippen LogP contribution is 2.26. The molecule has 0 radical (unpaired) electrons. The van der Waals surface area contributed by atoms with Gasteiger partial charge in [0, 0.05) is 15.5 Å². The maximum Gasteiger partial charge on any atom is 0.0420 e. The minimum Gasteiger partial charge on any atom is -0.313 e. The van der Waals surface area contributed by atoms with Gasteiger partial charge < -0.3 is 5.32 Å². The highest BCUT2D eigenvalue weighted by molar-refractivity contribution is 9.10. The van der Waals surface area contributed by atoms with Crippen molar-refractivity contribution in [1.82, 2.24) is 5.32 Å². The van der Waals surface area contributed by atoms with Crippen LogP contribution in [0, 0.1) is 0 Å². The molecule has 1 unspecified atom stereocenters. The van der Waals surface area contributed by atoms with Gasteiger partial charge in [0.1, 0.15) is 0 Å². The maximum absolute atomic E-state index is 6.08.